The molecule has 0 aliphatic heterocycles. The number of hydrogen-bond donors (Lipinski definition) is 0. The van der Waals surface area contributed by atoms with E-state index in [2.05, 4.69) is 36.8 Å². The number of thioether (sulfide) groups is 3. The Labute approximate surface area is 98.6 Å². The fourth-order valence-electron chi connectivity index (χ4n) is 1.22. The molecule has 0 nitrogen and oxygen atoms in total. The first-order valence-electron chi connectivity index (χ1n) is 4.04. The summed E-state index contributed by atoms with van der Waals surface area (Å²) in [4.78, 5) is 3.68. The molecular formula is C11H12S3. The Morgan fingerprint density at radius 3 is 2.00 bits per heavy atom. The van der Waals surface area contributed by atoms with Crippen molar-refractivity contribution in [2.45, 2.75) is 14.7 Å². The lowest BCUT2D eigenvalue weighted by atomic mass is 10.2. The Bertz CT molecular complexity index is 364. The van der Waals surface area contributed by atoms with Crippen LogP contribution in [0.5, 0.6) is 0 Å². The normalized spacial score (nSPS) is 9.86. The van der Waals surface area contributed by atoms with Crippen molar-refractivity contribution in [3.8, 4) is 12.3 Å². The van der Waals surface area contributed by atoms with Gasteiger partial charge in [-0.2, -0.15) is 0 Å². The molecule has 0 saturated carbocycles. The predicted octanol–water partition coefficient (Wildman–Crippen LogP) is 3.83. The smallest absolute Gasteiger partial charge is 0.0525 e. The average Bonchev–Trinajstić information content (AvgIpc) is 2.26. The maximum absolute atomic E-state index is 5.54. The van der Waals surface area contributed by atoms with E-state index in [4.69, 9.17) is 6.42 Å². The van der Waals surface area contributed by atoms with Gasteiger partial charge in [0.25, 0.3) is 0 Å². The van der Waals surface area contributed by atoms with Crippen molar-refractivity contribution in [3.63, 3.8) is 0 Å². The summed E-state index contributed by atoms with van der Waals surface area (Å²) in [6, 6.07) is 4.24. The van der Waals surface area contributed by atoms with Crippen molar-refractivity contribution in [3.05, 3.63) is 17.7 Å². The minimum Gasteiger partial charge on any atom is -0.128 e. The molecule has 0 aromatic heterocycles. The van der Waals surface area contributed by atoms with Crippen LogP contribution in [0.1, 0.15) is 5.56 Å². The van der Waals surface area contributed by atoms with Crippen molar-refractivity contribution < 1.29 is 0 Å². The van der Waals surface area contributed by atoms with Gasteiger partial charge < -0.3 is 0 Å². The molecule has 0 atom stereocenters. The Balaban J connectivity index is 3.38. The number of rotatable bonds is 3. The minimum absolute atomic E-state index is 1.04. The first-order chi connectivity index (χ1) is 6.78. The van der Waals surface area contributed by atoms with Crippen LogP contribution in [0.15, 0.2) is 26.8 Å². The summed E-state index contributed by atoms with van der Waals surface area (Å²) >= 11 is 5.17. The highest BCUT2D eigenvalue weighted by molar-refractivity contribution is 8.01. The van der Waals surface area contributed by atoms with E-state index in [0.717, 1.165) is 5.56 Å². The summed E-state index contributed by atoms with van der Waals surface area (Å²) in [6.45, 7) is 0. The number of hydrogen-bond acceptors (Lipinski definition) is 3. The molecule has 1 aromatic carbocycles. The molecule has 0 unspecified atom stereocenters. The van der Waals surface area contributed by atoms with Crippen LogP contribution in [-0.4, -0.2) is 18.8 Å². The first-order valence-corrected chi connectivity index (χ1v) is 7.71. The van der Waals surface area contributed by atoms with Crippen LogP contribution in [0.2, 0.25) is 0 Å². The van der Waals surface area contributed by atoms with Gasteiger partial charge in [-0.05, 0) is 30.9 Å². The van der Waals surface area contributed by atoms with Crippen molar-refractivity contribution in [2.75, 3.05) is 18.8 Å². The van der Waals surface area contributed by atoms with E-state index in [9.17, 15) is 0 Å². The zero-order chi connectivity index (χ0) is 10.6. The van der Waals surface area contributed by atoms with E-state index in [1.165, 1.54) is 14.7 Å². The summed E-state index contributed by atoms with van der Waals surface area (Å²) in [6.07, 6.45) is 11.7. The molecule has 0 N–H and O–H groups in total. The van der Waals surface area contributed by atoms with Gasteiger partial charge in [-0.15, -0.1) is 41.7 Å². The molecule has 0 aliphatic carbocycles. The zero-order valence-electron chi connectivity index (χ0n) is 8.46. The summed E-state index contributed by atoms with van der Waals surface area (Å²) in [7, 11) is 0. The van der Waals surface area contributed by atoms with Crippen molar-refractivity contribution in [2.24, 2.45) is 0 Å². The monoisotopic (exact) mass is 240 g/mol. The van der Waals surface area contributed by atoms with Crippen molar-refractivity contribution in [1.29, 1.82) is 0 Å². The molecule has 1 rings (SSSR count). The number of terminal acetylenes is 1. The molecular weight excluding hydrogens is 228 g/mol. The van der Waals surface area contributed by atoms with E-state index < -0.39 is 0 Å². The number of benzene rings is 1. The molecule has 0 spiro atoms. The molecule has 3 heteroatoms. The summed E-state index contributed by atoms with van der Waals surface area (Å²) < 4.78 is 0. The van der Waals surface area contributed by atoms with Crippen LogP contribution in [0.25, 0.3) is 0 Å². The standard InChI is InChI=1S/C11H12S3/c1-5-8-9(12-2)6-7-10(13-3)11(8)14-4/h1,6-7H,2-4H3. The third kappa shape index (κ3) is 2.25. The third-order valence-corrected chi connectivity index (χ3v) is 4.39. The predicted molar refractivity (Wildman–Crippen MR) is 69.7 cm³/mol. The van der Waals surface area contributed by atoms with E-state index >= 15 is 0 Å². The Kier molecular flexibility index (Phi) is 4.80. The lowest BCUT2D eigenvalue weighted by molar-refractivity contribution is 1.16. The van der Waals surface area contributed by atoms with E-state index in [-0.39, 0.29) is 0 Å². The minimum atomic E-state index is 1.04. The van der Waals surface area contributed by atoms with Crippen LogP contribution in [-0.2, 0) is 0 Å². The van der Waals surface area contributed by atoms with Gasteiger partial charge in [-0.3, -0.25) is 0 Å². The molecule has 0 radical (unpaired) electrons. The van der Waals surface area contributed by atoms with Gasteiger partial charge in [0.1, 0.15) is 0 Å². The third-order valence-electron chi connectivity index (χ3n) is 1.87. The molecule has 0 heterocycles. The van der Waals surface area contributed by atoms with Crippen LogP contribution in [0, 0.1) is 12.3 Å². The molecule has 0 aliphatic rings. The quantitative estimate of drug-likeness (QED) is 0.582. The van der Waals surface area contributed by atoms with Crippen LogP contribution >= 0.6 is 35.3 Å². The van der Waals surface area contributed by atoms with Crippen LogP contribution in [0.3, 0.4) is 0 Å². The fourth-order valence-corrected chi connectivity index (χ4v) is 3.48. The Morgan fingerprint density at radius 1 is 1.00 bits per heavy atom. The maximum Gasteiger partial charge on any atom is 0.0525 e. The molecule has 14 heavy (non-hydrogen) atoms. The zero-order valence-corrected chi connectivity index (χ0v) is 10.9. The van der Waals surface area contributed by atoms with E-state index in [0.29, 0.717) is 0 Å². The highest BCUT2D eigenvalue weighted by atomic mass is 32.2. The average molecular weight is 240 g/mol. The molecule has 0 amide bonds. The van der Waals surface area contributed by atoms with Gasteiger partial charge in [0.15, 0.2) is 0 Å². The van der Waals surface area contributed by atoms with Gasteiger partial charge in [0, 0.05) is 14.7 Å². The second kappa shape index (κ2) is 5.65. The molecule has 0 bridgehead atoms. The highest BCUT2D eigenvalue weighted by Crippen LogP contribution is 2.35. The fraction of sp³-hybridized carbons (Fsp3) is 0.273. The van der Waals surface area contributed by atoms with Crippen LogP contribution < -0.4 is 0 Å². The molecule has 0 saturated heterocycles. The first kappa shape index (κ1) is 11.9. The highest BCUT2D eigenvalue weighted by Gasteiger charge is 2.09. The molecule has 74 valence electrons. The van der Waals surface area contributed by atoms with Crippen molar-refractivity contribution >= 4 is 35.3 Å². The van der Waals surface area contributed by atoms with E-state index in [1.807, 2.05) is 0 Å². The van der Waals surface area contributed by atoms with Crippen LogP contribution in [0.4, 0.5) is 0 Å². The van der Waals surface area contributed by atoms with Gasteiger partial charge >= 0.3 is 0 Å². The largest absolute Gasteiger partial charge is 0.128 e. The molecule has 1 aromatic rings. The molecule has 0 fully saturated rings. The second-order valence-electron chi connectivity index (χ2n) is 2.52. The summed E-state index contributed by atoms with van der Waals surface area (Å²) in [5.41, 5.74) is 1.04. The van der Waals surface area contributed by atoms with Gasteiger partial charge in [0.2, 0.25) is 0 Å². The summed E-state index contributed by atoms with van der Waals surface area (Å²) in [5, 5.41) is 0. The van der Waals surface area contributed by atoms with Gasteiger partial charge in [-0.25, -0.2) is 0 Å². The SMILES string of the molecule is C#Cc1c(SC)ccc(SC)c1SC. The summed E-state index contributed by atoms with van der Waals surface area (Å²) in [5.74, 6) is 2.79. The van der Waals surface area contributed by atoms with Crippen molar-refractivity contribution in [1.82, 2.24) is 0 Å². The topological polar surface area (TPSA) is 0 Å². The van der Waals surface area contributed by atoms with E-state index in [1.54, 1.807) is 35.3 Å². The second-order valence-corrected chi connectivity index (χ2v) is 5.04. The lowest BCUT2D eigenvalue weighted by Gasteiger charge is -2.10. The van der Waals surface area contributed by atoms with Gasteiger partial charge in [-0.1, -0.05) is 5.92 Å². The van der Waals surface area contributed by atoms with Gasteiger partial charge in [0.05, 0.1) is 5.56 Å². The maximum atomic E-state index is 5.54. The Morgan fingerprint density at radius 2 is 1.57 bits per heavy atom. The Hall–Kier alpha value is -0.170. The lowest BCUT2D eigenvalue weighted by Crippen LogP contribution is -1.88.